The van der Waals surface area contributed by atoms with E-state index in [4.69, 9.17) is 0 Å². The third-order valence-corrected chi connectivity index (χ3v) is 3.30. The highest BCUT2D eigenvalue weighted by molar-refractivity contribution is 5.36. The number of nitrogens with one attached hydrogen (secondary N) is 1. The number of hydrogen-bond acceptors (Lipinski definition) is 1. The van der Waals surface area contributed by atoms with Gasteiger partial charge in [-0.1, -0.05) is 25.1 Å². The first-order valence-electron chi connectivity index (χ1n) is 6.58. The Morgan fingerprint density at radius 1 is 0.952 bits per heavy atom. The molecule has 1 atom stereocenters. The van der Waals surface area contributed by atoms with Crippen LogP contribution < -0.4 is 5.32 Å². The van der Waals surface area contributed by atoms with E-state index in [9.17, 15) is 17.6 Å². The Morgan fingerprint density at radius 2 is 1.62 bits per heavy atom. The molecule has 0 aliphatic heterocycles. The van der Waals surface area contributed by atoms with Gasteiger partial charge in [-0.25, -0.2) is 17.6 Å². The molecule has 0 amide bonds. The molecule has 0 saturated carbocycles. The summed E-state index contributed by atoms with van der Waals surface area (Å²) in [5.74, 6) is -3.51. The van der Waals surface area contributed by atoms with Crippen molar-refractivity contribution in [2.45, 2.75) is 19.9 Å². The Bertz CT molecular complexity index is 655. The zero-order valence-electron chi connectivity index (χ0n) is 11.7. The predicted molar refractivity (Wildman–Crippen MR) is 73.0 cm³/mol. The van der Waals surface area contributed by atoms with Crippen LogP contribution >= 0.6 is 0 Å². The first kappa shape index (κ1) is 15.5. The van der Waals surface area contributed by atoms with Gasteiger partial charge in [0, 0.05) is 17.2 Å². The molecular formula is C16H15F4N. The van der Waals surface area contributed by atoms with Crippen molar-refractivity contribution in [3.05, 3.63) is 70.3 Å². The van der Waals surface area contributed by atoms with E-state index >= 15 is 0 Å². The number of rotatable bonds is 4. The van der Waals surface area contributed by atoms with Gasteiger partial charge in [-0.3, -0.25) is 0 Å². The summed E-state index contributed by atoms with van der Waals surface area (Å²) in [6.45, 7) is 3.62. The van der Waals surface area contributed by atoms with Gasteiger partial charge < -0.3 is 5.32 Å². The highest BCUT2D eigenvalue weighted by Crippen LogP contribution is 2.29. The van der Waals surface area contributed by atoms with Crippen molar-refractivity contribution in [3.63, 3.8) is 0 Å². The predicted octanol–water partition coefficient (Wildman–Crippen LogP) is 4.25. The third-order valence-electron chi connectivity index (χ3n) is 3.30. The summed E-state index contributed by atoms with van der Waals surface area (Å²) >= 11 is 0. The van der Waals surface area contributed by atoms with Crippen LogP contribution in [0.25, 0.3) is 0 Å². The minimum Gasteiger partial charge on any atom is -0.306 e. The van der Waals surface area contributed by atoms with Crippen molar-refractivity contribution >= 4 is 0 Å². The molecule has 2 aromatic rings. The molecule has 5 heteroatoms. The largest absolute Gasteiger partial charge is 0.306 e. The molecule has 0 heterocycles. The van der Waals surface area contributed by atoms with Gasteiger partial charge in [0.2, 0.25) is 0 Å². The highest BCUT2D eigenvalue weighted by atomic mass is 19.2. The average molecular weight is 297 g/mol. The molecule has 0 aromatic heterocycles. The summed E-state index contributed by atoms with van der Waals surface area (Å²) in [6.07, 6.45) is 0. The molecule has 0 aliphatic rings. The molecule has 2 rings (SSSR count). The SMILES string of the molecule is CCNC(c1ccc(F)cc1F)c1ccc(C)c(F)c1F. The van der Waals surface area contributed by atoms with Crippen molar-refractivity contribution in [3.8, 4) is 0 Å². The Kier molecular flexibility index (Phi) is 4.63. The summed E-state index contributed by atoms with van der Waals surface area (Å²) < 4.78 is 54.8. The molecule has 1 nitrogen and oxygen atoms in total. The van der Waals surface area contributed by atoms with Gasteiger partial charge in [-0.05, 0) is 25.1 Å². The lowest BCUT2D eigenvalue weighted by Crippen LogP contribution is -2.24. The lowest BCUT2D eigenvalue weighted by Gasteiger charge is -2.20. The fraction of sp³-hybridized carbons (Fsp3) is 0.250. The molecule has 0 spiro atoms. The van der Waals surface area contributed by atoms with Gasteiger partial charge in [0.1, 0.15) is 11.6 Å². The van der Waals surface area contributed by atoms with Crippen LogP contribution in [0.4, 0.5) is 17.6 Å². The van der Waals surface area contributed by atoms with E-state index < -0.39 is 29.3 Å². The third kappa shape index (κ3) is 3.08. The second-order valence-electron chi connectivity index (χ2n) is 4.76. The van der Waals surface area contributed by atoms with E-state index in [-0.39, 0.29) is 16.7 Å². The van der Waals surface area contributed by atoms with E-state index in [0.717, 1.165) is 12.1 Å². The van der Waals surface area contributed by atoms with Crippen molar-refractivity contribution in [1.82, 2.24) is 5.32 Å². The lowest BCUT2D eigenvalue weighted by atomic mass is 9.96. The zero-order chi connectivity index (χ0) is 15.6. The van der Waals surface area contributed by atoms with Gasteiger partial charge in [-0.2, -0.15) is 0 Å². The second kappa shape index (κ2) is 6.26. The van der Waals surface area contributed by atoms with Crippen LogP contribution in [-0.4, -0.2) is 6.54 Å². The first-order chi connectivity index (χ1) is 9.95. The highest BCUT2D eigenvalue weighted by Gasteiger charge is 2.23. The van der Waals surface area contributed by atoms with E-state index in [2.05, 4.69) is 5.32 Å². The number of halogens is 4. The number of aryl methyl sites for hydroxylation is 1. The molecule has 0 aliphatic carbocycles. The van der Waals surface area contributed by atoms with Crippen LogP contribution in [-0.2, 0) is 0 Å². The monoisotopic (exact) mass is 297 g/mol. The molecule has 2 aromatic carbocycles. The fourth-order valence-corrected chi connectivity index (χ4v) is 2.21. The van der Waals surface area contributed by atoms with Crippen LogP contribution in [0.3, 0.4) is 0 Å². The van der Waals surface area contributed by atoms with Crippen LogP contribution in [0.1, 0.15) is 29.7 Å². The van der Waals surface area contributed by atoms with Crippen LogP contribution in [0, 0.1) is 30.2 Å². The van der Waals surface area contributed by atoms with Gasteiger partial charge in [0.15, 0.2) is 11.6 Å². The van der Waals surface area contributed by atoms with Crippen molar-refractivity contribution in [2.24, 2.45) is 0 Å². The molecule has 0 saturated heterocycles. The van der Waals surface area contributed by atoms with Gasteiger partial charge in [-0.15, -0.1) is 0 Å². The standard InChI is InChI=1S/C16H15F4N/c1-3-21-16(11-7-5-10(17)8-13(11)18)12-6-4-9(2)14(19)15(12)20/h4-8,16,21H,3H2,1-2H3. The Balaban J connectivity index is 2.56. The molecule has 0 bridgehead atoms. The Labute approximate surface area is 120 Å². The van der Waals surface area contributed by atoms with E-state index in [1.165, 1.54) is 25.1 Å². The lowest BCUT2D eigenvalue weighted by molar-refractivity contribution is 0.472. The van der Waals surface area contributed by atoms with Crippen LogP contribution in [0.15, 0.2) is 30.3 Å². The Morgan fingerprint density at radius 3 is 2.24 bits per heavy atom. The molecule has 112 valence electrons. The van der Waals surface area contributed by atoms with Gasteiger partial charge >= 0.3 is 0 Å². The summed E-state index contributed by atoms with van der Waals surface area (Å²) in [5.41, 5.74) is 0.233. The quantitative estimate of drug-likeness (QED) is 0.832. The maximum Gasteiger partial charge on any atom is 0.164 e. The summed E-state index contributed by atoms with van der Waals surface area (Å²) in [4.78, 5) is 0. The molecular weight excluding hydrogens is 282 g/mol. The maximum absolute atomic E-state index is 14.1. The minimum absolute atomic E-state index is 0.00884. The number of hydrogen-bond donors (Lipinski definition) is 1. The summed E-state index contributed by atoms with van der Waals surface area (Å²) in [7, 11) is 0. The second-order valence-corrected chi connectivity index (χ2v) is 4.76. The van der Waals surface area contributed by atoms with Crippen LogP contribution in [0.5, 0.6) is 0 Å². The molecule has 1 unspecified atom stereocenters. The molecule has 0 fully saturated rings. The van der Waals surface area contributed by atoms with Gasteiger partial charge in [0.25, 0.3) is 0 Å². The normalized spacial score (nSPS) is 12.5. The van der Waals surface area contributed by atoms with E-state index in [1.54, 1.807) is 6.92 Å². The van der Waals surface area contributed by atoms with Gasteiger partial charge in [0.05, 0.1) is 6.04 Å². The van der Waals surface area contributed by atoms with Crippen molar-refractivity contribution < 1.29 is 17.6 Å². The first-order valence-corrected chi connectivity index (χ1v) is 6.58. The Hall–Kier alpha value is -1.88. The van der Waals surface area contributed by atoms with E-state index in [1.807, 2.05) is 0 Å². The summed E-state index contributed by atoms with van der Waals surface area (Å²) in [6, 6.07) is 5.00. The molecule has 0 radical (unpaired) electrons. The minimum atomic E-state index is -1.02. The topological polar surface area (TPSA) is 12.0 Å². The molecule has 21 heavy (non-hydrogen) atoms. The van der Waals surface area contributed by atoms with E-state index in [0.29, 0.717) is 6.54 Å². The average Bonchev–Trinajstić information content (AvgIpc) is 2.44. The van der Waals surface area contributed by atoms with Crippen LogP contribution in [0.2, 0.25) is 0 Å². The van der Waals surface area contributed by atoms with Crippen molar-refractivity contribution in [1.29, 1.82) is 0 Å². The van der Waals surface area contributed by atoms with Crippen molar-refractivity contribution in [2.75, 3.05) is 6.54 Å². The zero-order valence-corrected chi connectivity index (χ0v) is 11.7. The molecule has 1 N–H and O–H groups in total. The maximum atomic E-state index is 14.1. The number of benzene rings is 2. The summed E-state index contributed by atoms with van der Waals surface area (Å²) in [5, 5.41) is 2.89. The fourth-order valence-electron chi connectivity index (χ4n) is 2.21. The smallest absolute Gasteiger partial charge is 0.164 e.